The highest BCUT2D eigenvalue weighted by molar-refractivity contribution is 5.90. The number of carbonyl (C=O) groups is 1. The molecule has 3 rings (SSSR count). The summed E-state index contributed by atoms with van der Waals surface area (Å²) in [6, 6.07) is 5.79. The van der Waals surface area contributed by atoms with E-state index in [2.05, 4.69) is 15.3 Å². The van der Waals surface area contributed by atoms with Crippen molar-refractivity contribution in [3.05, 3.63) is 41.9 Å². The summed E-state index contributed by atoms with van der Waals surface area (Å²) in [7, 11) is 1.60. The first kappa shape index (κ1) is 20.0. The summed E-state index contributed by atoms with van der Waals surface area (Å²) >= 11 is 0. The van der Waals surface area contributed by atoms with Gasteiger partial charge in [0.05, 0.1) is 7.11 Å². The Hall–Kier alpha value is -2.71. The SMILES string of the molecule is COc1cc(CNCCC2CCOCC2)ccc1Oc1cnc(C(N)=O)c[nH+]1. The lowest BCUT2D eigenvalue weighted by Gasteiger charge is -2.21. The molecular formula is C20H27N4O4+. The van der Waals surface area contributed by atoms with Gasteiger partial charge in [-0.15, -0.1) is 0 Å². The molecule has 0 saturated carbocycles. The molecule has 4 N–H and O–H groups in total. The molecule has 2 aromatic rings. The molecule has 1 aromatic heterocycles. The summed E-state index contributed by atoms with van der Waals surface area (Å²) in [5, 5.41) is 3.49. The van der Waals surface area contributed by atoms with Crippen molar-refractivity contribution in [1.29, 1.82) is 0 Å². The largest absolute Gasteiger partial charge is 0.493 e. The third kappa shape index (κ3) is 5.64. The molecule has 1 saturated heterocycles. The summed E-state index contributed by atoms with van der Waals surface area (Å²) in [6.07, 6.45) is 6.31. The smallest absolute Gasteiger partial charge is 0.390 e. The summed E-state index contributed by atoms with van der Waals surface area (Å²) in [5.74, 6) is 1.71. The minimum absolute atomic E-state index is 0.140. The standard InChI is InChI=1S/C20H26N4O4/c1-26-18-10-15(11-22-7-4-14-5-8-27-9-6-14)2-3-17(18)28-19-13-23-16(12-24-19)20(21)25/h2-3,10,12-14,22H,4-9,11H2,1H3,(H2,21,25)/p+1. The van der Waals surface area contributed by atoms with Crippen LogP contribution in [0.1, 0.15) is 35.3 Å². The molecule has 0 spiro atoms. The van der Waals surface area contributed by atoms with E-state index in [-0.39, 0.29) is 5.69 Å². The van der Waals surface area contributed by atoms with Crippen LogP contribution in [0.3, 0.4) is 0 Å². The molecule has 1 aliphatic rings. The Labute approximate surface area is 164 Å². The molecule has 0 bridgehead atoms. The van der Waals surface area contributed by atoms with Crippen molar-refractivity contribution in [3.63, 3.8) is 0 Å². The molecule has 0 atom stereocenters. The Bertz CT molecular complexity index is 776. The van der Waals surface area contributed by atoms with Gasteiger partial charge >= 0.3 is 5.88 Å². The molecule has 8 nitrogen and oxygen atoms in total. The number of nitrogens with one attached hydrogen (secondary N) is 2. The van der Waals surface area contributed by atoms with E-state index in [1.54, 1.807) is 7.11 Å². The third-order valence-corrected chi connectivity index (χ3v) is 4.77. The molecule has 1 aromatic carbocycles. The fourth-order valence-electron chi connectivity index (χ4n) is 3.13. The Balaban J connectivity index is 1.53. The lowest BCUT2D eigenvalue weighted by atomic mass is 9.97. The van der Waals surface area contributed by atoms with Gasteiger partial charge in [0.2, 0.25) is 6.20 Å². The van der Waals surface area contributed by atoms with Crippen molar-refractivity contribution in [3.8, 4) is 17.4 Å². The molecule has 28 heavy (non-hydrogen) atoms. The number of aromatic amines is 1. The number of ether oxygens (including phenoxy) is 3. The van der Waals surface area contributed by atoms with E-state index in [4.69, 9.17) is 19.9 Å². The normalized spacial score (nSPS) is 14.6. The maximum atomic E-state index is 11.1. The van der Waals surface area contributed by atoms with Gasteiger partial charge in [-0.25, -0.2) is 4.98 Å². The van der Waals surface area contributed by atoms with Gasteiger partial charge in [-0.05, 0) is 49.4 Å². The zero-order valence-electron chi connectivity index (χ0n) is 16.1. The topological polar surface area (TPSA) is 110 Å². The van der Waals surface area contributed by atoms with Crippen LogP contribution >= 0.6 is 0 Å². The van der Waals surface area contributed by atoms with Crippen LogP contribution in [0.2, 0.25) is 0 Å². The number of H-pyrrole nitrogens is 1. The van der Waals surface area contributed by atoms with Crippen LogP contribution in [0, 0.1) is 5.92 Å². The average molecular weight is 387 g/mol. The number of aromatic nitrogens is 2. The molecule has 1 fully saturated rings. The van der Waals surface area contributed by atoms with Gasteiger partial charge in [0.1, 0.15) is 6.20 Å². The minimum atomic E-state index is -0.603. The van der Waals surface area contributed by atoms with E-state index >= 15 is 0 Å². The highest BCUT2D eigenvalue weighted by Crippen LogP contribution is 2.30. The van der Waals surface area contributed by atoms with Gasteiger partial charge in [0, 0.05) is 19.8 Å². The number of benzene rings is 1. The molecule has 0 radical (unpaired) electrons. The molecule has 8 heteroatoms. The van der Waals surface area contributed by atoms with Crippen molar-refractivity contribution >= 4 is 5.91 Å². The zero-order chi connectivity index (χ0) is 19.8. The van der Waals surface area contributed by atoms with Crippen LogP contribution in [-0.2, 0) is 11.3 Å². The number of nitrogens with two attached hydrogens (primary N) is 1. The van der Waals surface area contributed by atoms with E-state index < -0.39 is 5.91 Å². The monoisotopic (exact) mass is 387 g/mol. The number of carbonyl (C=O) groups excluding carboxylic acids is 1. The Morgan fingerprint density at radius 2 is 2.18 bits per heavy atom. The fourth-order valence-corrected chi connectivity index (χ4v) is 3.13. The first-order valence-corrected chi connectivity index (χ1v) is 9.46. The molecule has 0 aliphatic carbocycles. The van der Waals surface area contributed by atoms with Crippen molar-refractivity contribution in [2.24, 2.45) is 11.7 Å². The van der Waals surface area contributed by atoms with Crippen LogP contribution in [0.4, 0.5) is 0 Å². The van der Waals surface area contributed by atoms with E-state index in [1.165, 1.54) is 18.8 Å². The van der Waals surface area contributed by atoms with Gasteiger partial charge in [-0.3, -0.25) is 4.79 Å². The van der Waals surface area contributed by atoms with Gasteiger partial charge in [0.15, 0.2) is 17.2 Å². The Kier molecular flexibility index (Phi) is 7.16. The van der Waals surface area contributed by atoms with Crippen molar-refractivity contribution < 1.29 is 24.0 Å². The van der Waals surface area contributed by atoms with E-state index in [9.17, 15) is 4.79 Å². The van der Waals surface area contributed by atoms with Crippen LogP contribution in [0.15, 0.2) is 30.6 Å². The summed E-state index contributed by atoms with van der Waals surface area (Å²) < 4.78 is 16.6. The van der Waals surface area contributed by atoms with Crippen LogP contribution in [-0.4, -0.2) is 37.8 Å². The molecule has 1 aliphatic heterocycles. The predicted molar refractivity (Wildman–Crippen MR) is 102 cm³/mol. The van der Waals surface area contributed by atoms with Crippen LogP contribution < -0.4 is 25.5 Å². The number of hydrogen-bond donors (Lipinski definition) is 2. The number of rotatable bonds is 9. The lowest BCUT2D eigenvalue weighted by molar-refractivity contribution is -0.392. The molecule has 150 valence electrons. The number of primary amides is 1. The molecule has 0 unspecified atom stereocenters. The van der Waals surface area contributed by atoms with E-state index in [1.807, 2.05) is 18.2 Å². The fraction of sp³-hybridized carbons (Fsp3) is 0.450. The van der Waals surface area contributed by atoms with Gasteiger partial charge in [0.25, 0.3) is 5.91 Å². The summed E-state index contributed by atoms with van der Waals surface area (Å²) in [5.41, 5.74) is 6.43. The second-order valence-corrected chi connectivity index (χ2v) is 6.77. The predicted octanol–water partition coefficient (Wildman–Crippen LogP) is 1.70. The average Bonchev–Trinajstić information content (AvgIpc) is 2.73. The summed E-state index contributed by atoms with van der Waals surface area (Å²) in [4.78, 5) is 17.9. The highest BCUT2D eigenvalue weighted by atomic mass is 16.5. The van der Waals surface area contributed by atoms with Gasteiger partial charge < -0.3 is 25.3 Å². The van der Waals surface area contributed by atoms with Crippen molar-refractivity contribution in [2.75, 3.05) is 26.9 Å². The first-order chi connectivity index (χ1) is 13.7. The number of methoxy groups -OCH3 is 1. The third-order valence-electron chi connectivity index (χ3n) is 4.77. The molecule has 1 amide bonds. The van der Waals surface area contributed by atoms with E-state index in [0.717, 1.165) is 50.6 Å². The second-order valence-electron chi connectivity index (χ2n) is 6.77. The second kappa shape index (κ2) is 10.0. The maximum absolute atomic E-state index is 11.1. The van der Waals surface area contributed by atoms with Crippen LogP contribution in [0.25, 0.3) is 0 Å². The maximum Gasteiger partial charge on any atom is 0.390 e. The molecule has 2 heterocycles. The lowest BCUT2D eigenvalue weighted by Crippen LogP contribution is -2.22. The first-order valence-electron chi connectivity index (χ1n) is 9.46. The number of nitrogens with zero attached hydrogens (tertiary/aromatic N) is 1. The zero-order valence-corrected chi connectivity index (χ0v) is 16.1. The van der Waals surface area contributed by atoms with Gasteiger partial charge in [-0.2, -0.15) is 4.98 Å². The van der Waals surface area contributed by atoms with Crippen molar-refractivity contribution in [1.82, 2.24) is 10.3 Å². The number of hydrogen-bond acceptors (Lipinski definition) is 6. The van der Waals surface area contributed by atoms with Gasteiger partial charge in [-0.1, -0.05) is 6.07 Å². The van der Waals surface area contributed by atoms with Crippen molar-refractivity contribution in [2.45, 2.75) is 25.8 Å². The molecular weight excluding hydrogens is 360 g/mol. The quantitative estimate of drug-likeness (QED) is 0.634. The Morgan fingerprint density at radius 3 is 2.86 bits per heavy atom. The summed E-state index contributed by atoms with van der Waals surface area (Å²) in [6.45, 7) is 3.53. The number of amides is 1. The van der Waals surface area contributed by atoms with Crippen LogP contribution in [0.5, 0.6) is 17.4 Å². The van der Waals surface area contributed by atoms with E-state index in [0.29, 0.717) is 17.4 Å². The highest BCUT2D eigenvalue weighted by Gasteiger charge is 2.14. The Morgan fingerprint density at radius 1 is 1.36 bits per heavy atom. The minimum Gasteiger partial charge on any atom is -0.493 e.